The van der Waals surface area contributed by atoms with Gasteiger partial charge in [-0.15, -0.1) is 22.7 Å². The summed E-state index contributed by atoms with van der Waals surface area (Å²) in [6, 6.07) is 8.23. The zero-order chi connectivity index (χ0) is 14.2. The van der Waals surface area contributed by atoms with Gasteiger partial charge in [0, 0.05) is 24.2 Å². The summed E-state index contributed by atoms with van der Waals surface area (Å²) >= 11 is 3.38. The number of aryl methyl sites for hydroxylation is 1. The molecule has 0 aromatic carbocycles. The van der Waals surface area contributed by atoms with Crippen molar-refractivity contribution in [3.8, 4) is 21.1 Å². The Kier molecular flexibility index (Phi) is 3.02. The summed E-state index contributed by atoms with van der Waals surface area (Å²) in [6.07, 6.45) is 5.56. The van der Waals surface area contributed by atoms with E-state index in [1.54, 1.807) is 28.9 Å². The van der Waals surface area contributed by atoms with Gasteiger partial charge in [-0.1, -0.05) is 0 Å². The molecule has 102 valence electrons. The van der Waals surface area contributed by atoms with E-state index in [1.807, 2.05) is 31.5 Å². The van der Waals surface area contributed by atoms with E-state index in [0.29, 0.717) is 0 Å². The largest absolute Gasteiger partial charge is 0.264 e. The minimum absolute atomic E-state index is 0.989. The third kappa shape index (κ3) is 2.24. The Morgan fingerprint density at radius 3 is 2.95 bits per heavy atom. The summed E-state index contributed by atoms with van der Waals surface area (Å²) in [5.74, 6) is 0. The summed E-state index contributed by atoms with van der Waals surface area (Å²) in [5.41, 5.74) is 3.06. The monoisotopic (exact) mass is 309 g/mol. The van der Waals surface area contributed by atoms with Gasteiger partial charge in [0.25, 0.3) is 0 Å². The molecule has 0 spiro atoms. The Morgan fingerprint density at radius 2 is 2.10 bits per heavy atom. The molecule has 0 unspecified atom stereocenters. The molecule has 4 aromatic heterocycles. The van der Waals surface area contributed by atoms with Crippen LogP contribution in [0.5, 0.6) is 0 Å². The van der Waals surface area contributed by atoms with Crippen molar-refractivity contribution >= 4 is 32.8 Å². The van der Waals surface area contributed by atoms with E-state index in [9.17, 15) is 0 Å². The highest BCUT2D eigenvalue weighted by atomic mass is 32.1. The molecule has 0 radical (unpaired) electrons. The average Bonchev–Trinajstić information content (AvgIpc) is 3.13. The van der Waals surface area contributed by atoms with Crippen molar-refractivity contribution in [1.29, 1.82) is 0 Å². The van der Waals surface area contributed by atoms with Gasteiger partial charge in [0.1, 0.15) is 5.01 Å². The maximum atomic E-state index is 4.67. The highest BCUT2D eigenvalue weighted by Gasteiger charge is 2.13. The number of hydrogen-bond donors (Lipinski definition) is 0. The van der Waals surface area contributed by atoms with Crippen molar-refractivity contribution in [3.63, 3.8) is 0 Å². The fourth-order valence-corrected chi connectivity index (χ4v) is 4.00. The second-order valence-electron chi connectivity index (χ2n) is 4.70. The molecule has 0 aliphatic heterocycles. The number of nitrogens with zero attached hydrogens (tertiary/aromatic N) is 3. The Hall–Kier alpha value is -2.11. The van der Waals surface area contributed by atoms with Crippen LogP contribution in [0.25, 0.3) is 31.2 Å². The van der Waals surface area contributed by atoms with Crippen LogP contribution in [0.1, 0.15) is 5.69 Å². The maximum Gasteiger partial charge on any atom is 0.125 e. The lowest BCUT2D eigenvalue weighted by Gasteiger charge is -1.98. The molecule has 4 heterocycles. The molecule has 0 bridgehead atoms. The third-order valence-electron chi connectivity index (χ3n) is 3.28. The van der Waals surface area contributed by atoms with Crippen LogP contribution in [0.3, 0.4) is 0 Å². The fraction of sp³-hybridized carbons (Fsp3) is 0.0625. The predicted octanol–water partition coefficient (Wildman–Crippen LogP) is 4.79. The van der Waals surface area contributed by atoms with Gasteiger partial charge in [-0.2, -0.15) is 0 Å². The quantitative estimate of drug-likeness (QED) is 0.534. The van der Waals surface area contributed by atoms with Crippen molar-refractivity contribution in [2.75, 3.05) is 0 Å². The van der Waals surface area contributed by atoms with Crippen LogP contribution in [-0.2, 0) is 0 Å². The lowest BCUT2D eigenvalue weighted by atomic mass is 10.2. The molecule has 0 saturated heterocycles. The van der Waals surface area contributed by atoms with Crippen LogP contribution in [-0.4, -0.2) is 15.0 Å². The van der Waals surface area contributed by atoms with E-state index in [4.69, 9.17) is 0 Å². The zero-order valence-corrected chi connectivity index (χ0v) is 12.9. The van der Waals surface area contributed by atoms with Gasteiger partial charge in [0.15, 0.2) is 0 Å². The van der Waals surface area contributed by atoms with Gasteiger partial charge in [-0.3, -0.25) is 9.97 Å². The third-order valence-corrected chi connectivity index (χ3v) is 5.37. The normalized spacial score (nSPS) is 11.1. The number of fused-ring (bicyclic) bond motifs is 1. The number of thiophene rings is 1. The molecule has 3 nitrogen and oxygen atoms in total. The molecule has 4 aromatic rings. The first-order valence-electron chi connectivity index (χ1n) is 6.53. The number of rotatable bonds is 2. The molecule has 4 rings (SSSR count). The van der Waals surface area contributed by atoms with Crippen molar-refractivity contribution in [2.24, 2.45) is 0 Å². The summed E-state index contributed by atoms with van der Waals surface area (Å²) in [6.45, 7) is 2.03. The zero-order valence-electron chi connectivity index (χ0n) is 11.3. The molecular formula is C16H11N3S2. The highest BCUT2D eigenvalue weighted by Crippen LogP contribution is 2.35. The summed E-state index contributed by atoms with van der Waals surface area (Å²) in [4.78, 5) is 14.5. The molecule has 21 heavy (non-hydrogen) atoms. The van der Waals surface area contributed by atoms with E-state index in [0.717, 1.165) is 26.8 Å². The molecule has 0 saturated carbocycles. The molecule has 0 fully saturated rings. The predicted molar refractivity (Wildman–Crippen MR) is 88.7 cm³/mol. The van der Waals surface area contributed by atoms with Crippen molar-refractivity contribution < 1.29 is 0 Å². The lowest BCUT2D eigenvalue weighted by molar-refractivity contribution is 1.24. The highest BCUT2D eigenvalue weighted by molar-refractivity contribution is 7.18. The molecule has 0 aliphatic rings. The number of thiazole rings is 1. The lowest BCUT2D eigenvalue weighted by Crippen LogP contribution is -1.82. The minimum atomic E-state index is 0.989. The van der Waals surface area contributed by atoms with E-state index in [-0.39, 0.29) is 0 Å². The number of aromatic nitrogens is 3. The van der Waals surface area contributed by atoms with Crippen LogP contribution in [0.15, 0.2) is 48.2 Å². The minimum Gasteiger partial charge on any atom is -0.264 e. The van der Waals surface area contributed by atoms with Gasteiger partial charge < -0.3 is 0 Å². The van der Waals surface area contributed by atoms with Crippen LogP contribution in [0.4, 0.5) is 0 Å². The standard InChI is InChI=1S/C16H11N3S2/c1-10-15(13-7-11-4-6-20-14(11)9-18-13)21-16(19-10)12-3-2-5-17-8-12/h2-9H,1H3. The van der Waals surface area contributed by atoms with Crippen molar-refractivity contribution in [3.05, 3.63) is 53.9 Å². The second kappa shape index (κ2) is 5.02. The molecular weight excluding hydrogens is 298 g/mol. The molecule has 5 heteroatoms. The molecule has 0 N–H and O–H groups in total. The first-order chi connectivity index (χ1) is 10.3. The van der Waals surface area contributed by atoms with Crippen LogP contribution in [0.2, 0.25) is 0 Å². The van der Waals surface area contributed by atoms with E-state index >= 15 is 0 Å². The molecule has 0 amide bonds. The number of hydrogen-bond acceptors (Lipinski definition) is 5. The average molecular weight is 309 g/mol. The van der Waals surface area contributed by atoms with Crippen molar-refractivity contribution in [2.45, 2.75) is 6.92 Å². The second-order valence-corrected chi connectivity index (χ2v) is 6.65. The van der Waals surface area contributed by atoms with Crippen LogP contribution < -0.4 is 0 Å². The number of pyridine rings is 2. The van der Waals surface area contributed by atoms with E-state index in [2.05, 4.69) is 32.5 Å². The van der Waals surface area contributed by atoms with Gasteiger partial charge in [-0.25, -0.2) is 4.98 Å². The first kappa shape index (κ1) is 12.6. The fourth-order valence-electron chi connectivity index (χ4n) is 2.24. The Labute approximate surface area is 130 Å². The van der Waals surface area contributed by atoms with Gasteiger partial charge in [-0.05, 0) is 42.0 Å². The van der Waals surface area contributed by atoms with Crippen LogP contribution >= 0.6 is 22.7 Å². The maximum absolute atomic E-state index is 4.67. The van der Waals surface area contributed by atoms with Gasteiger partial charge in [0.2, 0.25) is 0 Å². The Balaban J connectivity index is 1.83. The van der Waals surface area contributed by atoms with E-state index < -0.39 is 0 Å². The first-order valence-corrected chi connectivity index (χ1v) is 8.22. The summed E-state index contributed by atoms with van der Waals surface area (Å²) in [7, 11) is 0. The van der Waals surface area contributed by atoms with Gasteiger partial charge in [0.05, 0.1) is 21.0 Å². The van der Waals surface area contributed by atoms with Gasteiger partial charge >= 0.3 is 0 Å². The summed E-state index contributed by atoms with van der Waals surface area (Å²) < 4.78 is 1.22. The SMILES string of the molecule is Cc1nc(-c2cccnc2)sc1-c1cc2ccsc2cn1. The Morgan fingerprint density at radius 1 is 1.14 bits per heavy atom. The summed E-state index contributed by atoms with van der Waals surface area (Å²) in [5, 5.41) is 4.32. The molecule has 0 atom stereocenters. The van der Waals surface area contributed by atoms with Crippen LogP contribution in [0, 0.1) is 6.92 Å². The Bertz CT molecular complexity index is 910. The molecule has 0 aliphatic carbocycles. The smallest absolute Gasteiger partial charge is 0.125 e. The van der Waals surface area contributed by atoms with Crippen molar-refractivity contribution in [1.82, 2.24) is 15.0 Å². The topological polar surface area (TPSA) is 38.7 Å². The van der Waals surface area contributed by atoms with E-state index in [1.165, 1.54) is 10.1 Å².